The number of rotatable bonds is 3. The Morgan fingerprint density at radius 2 is 1.27 bits per heavy atom. The topological polar surface area (TPSA) is 57.5 Å². The second-order valence-corrected chi connectivity index (χ2v) is 14.7. The van der Waals surface area contributed by atoms with Gasteiger partial charge in [0.05, 0.1) is 27.6 Å². The summed E-state index contributed by atoms with van der Waals surface area (Å²) in [4.78, 5) is 10.0. The number of furan rings is 1. The molecule has 11 rings (SSSR count). The van der Waals surface area contributed by atoms with E-state index in [0.29, 0.717) is 0 Å². The Bertz CT molecular complexity index is 3270. The summed E-state index contributed by atoms with van der Waals surface area (Å²) in [7, 11) is 0. The number of hydrogen-bond donors (Lipinski definition) is 0. The van der Waals surface area contributed by atoms with Crippen molar-refractivity contribution in [2.24, 2.45) is 0 Å². The number of hydrogen-bond acceptors (Lipinski definition) is 4. The Hall–Kier alpha value is -6.66. The molecule has 0 saturated heterocycles. The monoisotopic (exact) mass is 672 g/mol. The fourth-order valence-corrected chi connectivity index (χ4v) is 8.02. The molecule has 0 spiro atoms. The van der Waals surface area contributed by atoms with Crippen molar-refractivity contribution in [3.05, 3.63) is 145 Å². The van der Waals surface area contributed by atoms with Crippen LogP contribution in [0.25, 0.3) is 87.9 Å². The van der Waals surface area contributed by atoms with Gasteiger partial charge in [0.2, 0.25) is 0 Å². The molecule has 5 aromatic heterocycles. The number of pyridine rings is 2. The van der Waals surface area contributed by atoms with Gasteiger partial charge in [-0.25, -0.2) is 9.97 Å². The van der Waals surface area contributed by atoms with Crippen LogP contribution in [-0.4, -0.2) is 18.9 Å². The highest BCUT2D eigenvalue weighted by atomic mass is 16.5. The van der Waals surface area contributed by atoms with Crippen LogP contribution in [0.4, 0.5) is 0 Å². The van der Waals surface area contributed by atoms with Crippen molar-refractivity contribution in [2.75, 3.05) is 0 Å². The molecule has 0 fully saturated rings. The van der Waals surface area contributed by atoms with Crippen LogP contribution < -0.4 is 4.74 Å². The lowest BCUT2D eigenvalue weighted by Gasteiger charge is -2.20. The van der Waals surface area contributed by atoms with Gasteiger partial charge in [0.15, 0.2) is 0 Å². The molecule has 5 heterocycles. The molecule has 0 unspecified atom stereocenters. The summed E-state index contributed by atoms with van der Waals surface area (Å²) >= 11 is 0. The number of benzene rings is 6. The van der Waals surface area contributed by atoms with Gasteiger partial charge < -0.3 is 9.15 Å². The average molecular weight is 673 g/mol. The lowest BCUT2D eigenvalue weighted by molar-refractivity contribution is 0.484. The van der Waals surface area contributed by atoms with E-state index in [0.717, 1.165) is 94.0 Å². The molecule has 6 heteroatoms. The van der Waals surface area contributed by atoms with E-state index in [4.69, 9.17) is 19.1 Å². The minimum absolute atomic E-state index is 0.00366. The fraction of sp³-hybridized carbons (Fsp3) is 0.0870. The Labute approximate surface area is 298 Å². The fourth-order valence-electron chi connectivity index (χ4n) is 8.02. The van der Waals surface area contributed by atoms with Crippen LogP contribution in [0.5, 0.6) is 11.5 Å². The van der Waals surface area contributed by atoms with Crippen LogP contribution >= 0.6 is 0 Å². The largest absolute Gasteiger partial charge is 0.457 e. The maximum Gasteiger partial charge on any atom is 0.146 e. The number of fused-ring (bicyclic) bond motifs is 14. The van der Waals surface area contributed by atoms with Crippen molar-refractivity contribution < 1.29 is 9.15 Å². The van der Waals surface area contributed by atoms with E-state index in [1.807, 2.05) is 24.4 Å². The molecule has 6 aromatic carbocycles. The summed E-state index contributed by atoms with van der Waals surface area (Å²) < 4.78 is 17.6. The Morgan fingerprint density at radius 3 is 2.13 bits per heavy atom. The van der Waals surface area contributed by atoms with Crippen LogP contribution in [0.1, 0.15) is 26.3 Å². The van der Waals surface area contributed by atoms with Gasteiger partial charge in [-0.15, -0.1) is 0 Å². The molecule has 0 aliphatic carbocycles. The Morgan fingerprint density at radius 1 is 0.538 bits per heavy atom. The van der Waals surface area contributed by atoms with Crippen LogP contribution in [0.15, 0.2) is 144 Å². The summed E-state index contributed by atoms with van der Waals surface area (Å²) in [6, 6.07) is 46.5. The zero-order chi connectivity index (χ0) is 34.7. The minimum Gasteiger partial charge on any atom is -0.457 e. The highest BCUT2D eigenvalue weighted by Crippen LogP contribution is 2.40. The number of ether oxygens (including phenoxy) is 1. The van der Waals surface area contributed by atoms with E-state index in [1.165, 1.54) is 10.9 Å². The van der Waals surface area contributed by atoms with Gasteiger partial charge in [-0.1, -0.05) is 69.3 Å². The number of nitrogens with zero attached hydrogens (tertiary/aromatic N) is 4. The van der Waals surface area contributed by atoms with E-state index in [9.17, 15) is 0 Å². The molecule has 0 saturated carbocycles. The Balaban J connectivity index is 1.11. The molecule has 0 amide bonds. The standard InChI is InChI=1S/C46H32N4O2/c1-46(2,3)27-20-21-47-44(22-27)49-38-13-7-4-10-31(38)32-19-17-29(24-40(32)49)51-28-16-18-30-34-26-43-35(33-11-5-9-15-42(33)52-43)25-41(34)50-39-14-8-6-12-37(39)48-45(50)36(30)23-28/h4-26H,1-3H3. The predicted molar refractivity (Wildman–Crippen MR) is 212 cm³/mol. The van der Waals surface area contributed by atoms with Crippen molar-refractivity contribution in [2.45, 2.75) is 26.2 Å². The maximum absolute atomic E-state index is 6.72. The number of aromatic nitrogens is 4. The van der Waals surface area contributed by atoms with Crippen LogP contribution in [-0.2, 0) is 5.41 Å². The first-order chi connectivity index (χ1) is 25.4. The molecule has 0 radical (unpaired) electrons. The molecule has 6 nitrogen and oxygen atoms in total. The summed E-state index contributed by atoms with van der Waals surface area (Å²) in [5.74, 6) is 2.37. The van der Waals surface area contributed by atoms with Crippen molar-refractivity contribution in [1.29, 1.82) is 0 Å². The molecule has 0 atom stereocenters. The van der Waals surface area contributed by atoms with Gasteiger partial charge in [0.1, 0.15) is 34.1 Å². The highest BCUT2D eigenvalue weighted by Gasteiger charge is 2.20. The molecular formula is C46H32N4O2. The molecule has 11 aromatic rings. The lowest BCUT2D eigenvalue weighted by atomic mass is 9.88. The molecular weight excluding hydrogens is 641 g/mol. The van der Waals surface area contributed by atoms with E-state index >= 15 is 0 Å². The zero-order valence-electron chi connectivity index (χ0n) is 28.9. The van der Waals surface area contributed by atoms with Crippen molar-refractivity contribution in [3.8, 4) is 17.3 Å². The van der Waals surface area contributed by atoms with Gasteiger partial charge in [0.25, 0.3) is 0 Å². The van der Waals surface area contributed by atoms with Crippen molar-refractivity contribution in [3.63, 3.8) is 0 Å². The highest BCUT2D eigenvalue weighted by molar-refractivity contribution is 6.19. The Kier molecular flexibility index (Phi) is 5.84. The summed E-state index contributed by atoms with van der Waals surface area (Å²) in [6.07, 6.45) is 1.91. The molecule has 0 aliphatic rings. The average Bonchev–Trinajstić information content (AvgIpc) is 3.83. The van der Waals surface area contributed by atoms with Crippen LogP contribution in [0.3, 0.4) is 0 Å². The molecule has 248 valence electrons. The zero-order valence-corrected chi connectivity index (χ0v) is 28.9. The number of imidazole rings is 1. The van der Waals surface area contributed by atoms with Gasteiger partial charge >= 0.3 is 0 Å². The number of para-hydroxylation sites is 4. The van der Waals surface area contributed by atoms with E-state index in [1.54, 1.807) is 0 Å². The first-order valence-electron chi connectivity index (χ1n) is 17.6. The van der Waals surface area contributed by atoms with E-state index in [2.05, 4.69) is 145 Å². The second-order valence-electron chi connectivity index (χ2n) is 14.7. The smallest absolute Gasteiger partial charge is 0.146 e. The van der Waals surface area contributed by atoms with E-state index in [-0.39, 0.29) is 5.41 Å². The van der Waals surface area contributed by atoms with Crippen LogP contribution in [0, 0.1) is 0 Å². The van der Waals surface area contributed by atoms with Gasteiger partial charge in [-0.3, -0.25) is 8.97 Å². The molecule has 0 N–H and O–H groups in total. The van der Waals surface area contributed by atoms with Gasteiger partial charge in [-0.2, -0.15) is 0 Å². The third-order valence-corrected chi connectivity index (χ3v) is 10.5. The second kappa shape index (κ2) is 10.4. The molecule has 0 aliphatic heterocycles. The van der Waals surface area contributed by atoms with Crippen molar-refractivity contribution in [1.82, 2.24) is 18.9 Å². The summed E-state index contributed by atoms with van der Waals surface area (Å²) in [5.41, 5.74) is 9.12. The van der Waals surface area contributed by atoms with E-state index < -0.39 is 0 Å². The van der Waals surface area contributed by atoms with Gasteiger partial charge in [-0.05, 0) is 95.2 Å². The van der Waals surface area contributed by atoms with Crippen LogP contribution in [0.2, 0.25) is 0 Å². The van der Waals surface area contributed by atoms with Crippen molar-refractivity contribution >= 4 is 82.1 Å². The first kappa shape index (κ1) is 29.1. The minimum atomic E-state index is -0.00366. The maximum atomic E-state index is 6.72. The predicted octanol–water partition coefficient (Wildman–Crippen LogP) is 12.3. The quantitative estimate of drug-likeness (QED) is 0.175. The molecule has 52 heavy (non-hydrogen) atoms. The SMILES string of the molecule is CC(C)(C)c1ccnc(-n2c3ccccc3c3ccc(Oc4ccc5c6cc7oc8ccccc8c7cc6n6c7ccccc7nc6c5c4)cc32)c1. The normalized spacial score (nSPS) is 12.5. The summed E-state index contributed by atoms with van der Waals surface area (Å²) in [6.45, 7) is 6.70. The third-order valence-electron chi connectivity index (χ3n) is 10.5. The lowest BCUT2D eigenvalue weighted by Crippen LogP contribution is -2.12. The van der Waals surface area contributed by atoms with Gasteiger partial charge in [0, 0.05) is 44.6 Å². The third kappa shape index (κ3) is 4.18. The molecule has 0 bridgehead atoms. The summed E-state index contributed by atoms with van der Waals surface area (Å²) in [5, 5.41) is 7.72. The first-order valence-corrected chi connectivity index (χ1v) is 17.6.